The van der Waals surface area contributed by atoms with Crippen molar-refractivity contribution in [1.29, 1.82) is 0 Å². The maximum absolute atomic E-state index is 9.79. The molecule has 0 aliphatic carbocycles. The molecule has 19 heavy (non-hydrogen) atoms. The molecule has 1 fully saturated rings. The van der Waals surface area contributed by atoms with Gasteiger partial charge in [-0.1, -0.05) is 12.1 Å². The van der Waals surface area contributed by atoms with Gasteiger partial charge in [-0.3, -0.25) is 0 Å². The third-order valence-corrected chi connectivity index (χ3v) is 3.01. The lowest BCUT2D eigenvalue weighted by molar-refractivity contribution is -0.277. The molecule has 0 bridgehead atoms. The van der Waals surface area contributed by atoms with Gasteiger partial charge in [0, 0.05) is 0 Å². The SMILES string of the molecule is Nc1ccccc1O[C@@H]1O[C@H](CO)[C@@H](O)[C@H](O)[C@H]1O. The highest BCUT2D eigenvalue weighted by Crippen LogP contribution is 2.27. The second-order valence-electron chi connectivity index (χ2n) is 4.35. The van der Waals surface area contributed by atoms with Gasteiger partial charge >= 0.3 is 0 Å². The van der Waals surface area contributed by atoms with Crippen LogP contribution in [0.5, 0.6) is 5.75 Å². The molecule has 7 heteroatoms. The molecule has 0 unspecified atom stereocenters. The van der Waals surface area contributed by atoms with Crippen LogP contribution in [0.1, 0.15) is 0 Å². The van der Waals surface area contributed by atoms with Gasteiger partial charge in [-0.2, -0.15) is 0 Å². The zero-order valence-corrected chi connectivity index (χ0v) is 10.1. The van der Waals surface area contributed by atoms with Gasteiger partial charge in [-0.15, -0.1) is 0 Å². The highest BCUT2D eigenvalue weighted by molar-refractivity contribution is 5.51. The Kier molecular flexibility index (Phi) is 4.23. The van der Waals surface area contributed by atoms with E-state index in [0.717, 1.165) is 0 Å². The Morgan fingerprint density at radius 3 is 2.42 bits per heavy atom. The molecule has 2 rings (SSSR count). The molecule has 106 valence electrons. The molecule has 5 atom stereocenters. The quantitative estimate of drug-likeness (QED) is 0.421. The fourth-order valence-electron chi connectivity index (χ4n) is 1.88. The minimum absolute atomic E-state index is 0.284. The van der Waals surface area contributed by atoms with Crippen molar-refractivity contribution in [1.82, 2.24) is 0 Å². The summed E-state index contributed by atoms with van der Waals surface area (Å²) in [6.45, 7) is -0.505. The zero-order valence-electron chi connectivity index (χ0n) is 10.1. The Morgan fingerprint density at radius 1 is 1.11 bits per heavy atom. The molecule has 1 aliphatic heterocycles. The maximum Gasteiger partial charge on any atom is 0.229 e. The number of nitrogen functional groups attached to an aromatic ring is 1. The number of aliphatic hydroxyl groups excluding tert-OH is 4. The first-order chi connectivity index (χ1) is 9.04. The molecule has 1 aromatic carbocycles. The predicted molar refractivity (Wildman–Crippen MR) is 65.2 cm³/mol. The number of hydrogen-bond donors (Lipinski definition) is 5. The van der Waals surface area contributed by atoms with Crippen LogP contribution in [0.15, 0.2) is 24.3 Å². The summed E-state index contributed by atoms with van der Waals surface area (Å²) in [5.41, 5.74) is 6.04. The summed E-state index contributed by atoms with van der Waals surface area (Å²) in [7, 11) is 0. The van der Waals surface area contributed by atoms with Gasteiger partial charge in [0.1, 0.15) is 30.2 Å². The number of para-hydroxylation sites is 2. The van der Waals surface area contributed by atoms with E-state index in [0.29, 0.717) is 5.69 Å². The summed E-state index contributed by atoms with van der Waals surface area (Å²) in [5, 5.41) is 38.1. The van der Waals surface area contributed by atoms with Crippen LogP contribution in [0.25, 0.3) is 0 Å². The van der Waals surface area contributed by atoms with Crippen LogP contribution in [0.2, 0.25) is 0 Å². The monoisotopic (exact) mass is 271 g/mol. The van der Waals surface area contributed by atoms with Crippen molar-refractivity contribution >= 4 is 5.69 Å². The summed E-state index contributed by atoms with van der Waals surface area (Å²) in [6.07, 6.45) is -6.56. The topological polar surface area (TPSA) is 125 Å². The van der Waals surface area contributed by atoms with Crippen molar-refractivity contribution < 1.29 is 29.9 Å². The van der Waals surface area contributed by atoms with Gasteiger partial charge in [0.15, 0.2) is 0 Å². The number of benzene rings is 1. The van der Waals surface area contributed by atoms with Crippen LogP contribution in [-0.2, 0) is 4.74 Å². The number of rotatable bonds is 3. The van der Waals surface area contributed by atoms with Crippen LogP contribution in [0, 0.1) is 0 Å². The number of aliphatic hydroxyl groups is 4. The fraction of sp³-hybridized carbons (Fsp3) is 0.500. The normalized spacial score (nSPS) is 35.1. The average Bonchev–Trinajstić information content (AvgIpc) is 2.41. The average molecular weight is 271 g/mol. The minimum atomic E-state index is -1.47. The van der Waals surface area contributed by atoms with E-state index in [4.69, 9.17) is 20.3 Å². The van der Waals surface area contributed by atoms with Gasteiger partial charge in [0.25, 0.3) is 0 Å². The summed E-state index contributed by atoms with van der Waals surface area (Å²) >= 11 is 0. The van der Waals surface area contributed by atoms with E-state index in [-0.39, 0.29) is 5.75 Å². The van der Waals surface area contributed by atoms with Crippen molar-refractivity contribution in [2.45, 2.75) is 30.7 Å². The lowest BCUT2D eigenvalue weighted by atomic mass is 9.99. The Balaban J connectivity index is 2.13. The number of ether oxygens (including phenoxy) is 2. The summed E-state index contributed by atoms with van der Waals surface area (Å²) in [4.78, 5) is 0. The number of nitrogens with two attached hydrogens (primary N) is 1. The second-order valence-corrected chi connectivity index (χ2v) is 4.35. The highest BCUT2D eigenvalue weighted by Gasteiger charge is 2.44. The van der Waals surface area contributed by atoms with Crippen LogP contribution in [0.4, 0.5) is 5.69 Å². The van der Waals surface area contributed by atoms with Gasteiger partial charge in [0.05, 0.1) is 12.3 Å². The maximum atomic E-state index is 9.79. The summed E-state index contributed by atoms with van der Waals surface area (Å²) in [6, 6.07) is 6.60. The Bertz CT molecular complexity index is 426. The van der Waals surface area contributed by atoms with E-state index in [9.17, 15) is 15.3 Å². The van der Waals surface area contributed by atoms with E-state index in [1.54, 1.807) is 24.3 Å². The molecule has 0 radical (unpaired) electrons. The zero-order chi connectivity index (χ0) is 14.0. The van der Waals surface area contributed by atoms with E-state index >= 15 is 0 Å². The molecule has 0 amide bonds. The molecule has 1 saturated heterocycles. The third kappa shape index (κ3) is 2.80. The van der Waals surface area contributed by atoms with E-state index in [1.165, 1.54) is 0 Å². The van der Waals surface area contributed by atoms with Crippen LogP contribution in [0.3, 0.4) is 0 Å². The molecule has 1 heterocycles. The van der Waals surface area contributed by atoms with Gasteiger partial charge in [0.2, 0.25) is 6.29 Å². The first-order valence-corrected chi connectivity index (χ1v) is 5.86. The largest absolute Gasteiger partial charge is 0.460 e. The number of hydrogen-bond acceptors (Lipinski definition) is 7. The van der Waals surface area contributed by atoms with Crippen LogP contribution >= 0.6 is 0 Å². The molecule has 0 spiro atoms. The first-order valence-electron chi connectivity index (χ1n) is 5.86. The molecule has 1 aromatic rings. The Labute approximate surface area is 109 Å². The van der Waals surface area contributed by atoms with Crippen LogP contribution in [-0.4, -0.2) is 57.7 Å². The van der Waals surface area contributed by atoms with Crippen molar-refractivity contribution in [3.63, 3.8) is 0 Å². The second kappa shape index (κ2) is 5.72. The van der Waals surface area contributed by atoms with Crippen LogP contribution < -0.4 is 10.5 Å². The molecule has 1 aliphatic rings. The van der Waals surface area contributed by atoms with Crippen molar-refractivity contribution in [3.8, 4) is 5.75 Å². The van der Waals surface area contributed by atoms with Gasteiger partial charge in [-0.25, -0.2) is 0 Å². The Morgan fingerprint density at radius 2 is 1.79 bits per heavy atom. The summed E-state index contributed by atoms with van der Waals surface area (Å²) in [5.74, 6) is 0.284. The first kappa shape index (κ1) is 14.0. The smallest absolute Gasteiger partial charge is 0.229 e. The predicted octanol–water partition coefficient (Wildman–Crippen LogP) is -1.55. The molecular formula is C12H17NO6. The fourth-order valence-corrected chi connectivity index (χ4v) is 1.88. The van der Waals surface area contributed by atoms with E-state index in [2.05, 4.69) is 0 Å². The van der Waals surface area contributed by atoms with Gasteiger partial charge in [-0.05, 0) is 12.1 Å². The lowest BCUT2D eigenvalue weighted by Gasteiger charge is -2.39. The van der Waals surface area contributed by atoms with Gasteiger partial charge < -0.3 is 35.6 Å². The number of anilines is 1. The molecule has 0 aromatic heterocycles. The molecule has 0 saturated carbocycles. The van der Waals surface area contributed by atoms with E-state index < -0.39 is 37.3 Å². The standard InChI is InChI=1S/C12H17NO6/c13-6-3-1-2-4-7(6)18-12-11(17)10(16)9(15)8(5-14)19-12/h1-4,8-12,14-17H,5,13H2/t8-,9-,10+,11-,12-/m1/s1. The highest BCUT2D eigenvalue weighted by atomic mass is 16.7. The van der Waals surface area contributed by atoms with Crippen molar-refractivity contribution in [3.05, 3.63) is 24.3 Å². The Hall–Kier alpha value is -1.38. The van der Waals surface area contributed by atoms with Crippen molar-refractivity contribution in [2.75, 3.05) is 12.3 Å². The third-order valence-electron chi connectivity index (χ3n) is 3.01. The molecule has 7 nitrogen and oxygen atoms in total. The summed E-state index contributed by atoms with van der Waals surface area (Å²) < 4.78 is 10.6. The van der Waals surface area contributed by atoms with Crippen molar-refractivity contribution in [2.24, 2.45) is 0 Å². The molecule has 6 N–H and O–H groups in total. The molecular weight excluding hydrogens is 254 g/mol. The minimum Gasteiger partial charge on any atom is -0.460 e. The lowest BCUT2D eigenvalue weighted by Crippen LogP contribution is -2.60. The van der Waals surface area contributed by atoms with E-state index in [1.807, 2.05) is 0 Å².